The maximum atomic E-state index is 5.88. The van der Waals surface area contributed by atoms with Crippen molar-refractivity contribution in [2.45, 2.75) is 78.5 Å². The standard InChI is InChI=1S/C14H29NO/c1-6-11(5)15-12-10-13(16-9-4)14(12,7-2)8-3/h11-13,15H,6-10H2,1-5H3. The van der Waals surface area contributed by atoms with E-state index in [0.717, 1.165) is 6.61 Å². The molecule has 0 amide bonds. The van der Waals surface area contributed by atoms with E-state index in [0.29, 0.717) is 23.6 Å². The zero-order chi connectivity index (χ0) is 12.2. The maximum Gasteiger partial charge on any atom is 0.0660 e. The second-order valence-electron chi connectivity index (χ2n) is 5.15. The fourth-order valence-corrected chi connectivity index (χ4v) is 3.08. The number of nitrogens with one attached hydrogen (secondary N) is 1. The minimum absolute atomic E-state index is 0.388. The van der Waals surface area contributed by atoms with Crippen LogP contribution >= 0.6 is 0 Å². The van der Waals surface area contributed by atoms with Gasteiger partial charge in [-0.25, -0.2) is 0 Å². The van der Waals surface area contributed by atoms with Gasteiger partial charge in [0.15, 0.2) is 0 Å². The van der Waals surface area contributed by atoms with Crippen molar-refractivity contribution < 1.29 is 4.74 Å². The van der Waals surface area contributed by atoms with E-state index in [1.165, 1.54) is 25.7 Å². The highest BCUT2D eigenvalue weighted by molar-refractivity contribution is 5.07. The Morgan fingerprint density at radius 2 is 1.88 bits per heavy atom. The van der Waals surface area contributed by atoms with Gasteiger partial charge in [-0.05, 0) is 39.5 Å². The summed E-state index contributed by atoms with van der Waals surface area (Å²) < 4.78 is 5.88. The third-order valence-electron chi connectivity index (χ3n) is 4.57. The molecule has 2 nitrogen and oxygen atoms in total. The maximum absolute atomic E-state index is 5.88. The van der Waals surface area contributed by atoms with Crippen molar-refractivity contribution in [1.29, 1.82) is 0 Å². The van der Waals surface area contributed by atoms with Crippen LogP contribution < -0.4 is 5.32 Å². The predicted octanol–water partition coefficient (Wildman–Crippen LogP) is 3.36. The molecule has 1 aliphatic rings. The van der Waals surface area contributed by atoms with Gasteiger partial charge in [0.2, 0.25) is 0 Å². The minimum atomic E-state index is 0.388. The second kappa shape index (κ2) is 6.02. The molecule has 1 saturated carbocycles. The Balaban J connectivity index is 2.60. The lowest BCUT2D eigenvalue weighted by Crippen LogP contribution is -2.64. The van der Waals surface area contributed by atoms with Crippen LogP contribution in [0.15, 0.2) is 0 Å². The first-order valence-corrected chi connectivity index (χ1v) is 7.02. The van der Waals surface area contributed by atoms with Crippen LogP contribution in [0, 0.1) is 5.41 Å². The number of hydrogen-bond donors (Lipinski definition) is 1. The average molecular weight is 227 g/mol. The summed E-state index contributed by atoms with van der Waals surface area (Å²) >= 11 is 0. The van der Waals surface area contributed by atoms with E-state index >= 15 is 0 Å². The van der Waals surface area contributed by atoms with E-state index in [1.54, 1.807) is 0 Å². The molecule has 0 bridgehead atoms. The van der Waals surface area contributed by atoms with Crippen LogP contribution in [-0.4, -0.2) is 24.8 Å². The van der Waals surface area contributed by atoms with Gasteiger partial charge in [0.1, 0.15) is 0 Å². The Morgan fingerprint density at radius 3 is 2.31 bits per heavy atom. The van der Waals surface area contributed by atoms with Gasteiger partial charge in [-0.2, -0.15) is 0 Å². The van der Waals surface area contributed by atoms with Gasteiger partial charge in [0, 0.05) is 24.1 Å². The van der Waals surface area contributed by atoms with Crippen LogP contribution in [0.4, 0.5) is 0 Å². The molecule has 1 N–H and O–H groups in total. The first-order valence-electron chi connectivity index (χ1n) is 7.02. The van der Waals surface area contributed by atoms with E-state index in [4.69, 9.17) is 4.74 Å². The molecule has 3 atom stereocenters. The fourth-order valence-electron chi connectivity index (χ4n) is 3.08. The van der Waals surface area contributed by atoms with Crippen LogP contribution in [0.2, 0.25) is 0 Å². The van der Waals surface area contributed by atoms with Crippen molar-refractivity contribution in [1.82, 2.24) is 5.32 Å². The van der Waals surface area contributed by atoms with Crippen molar-refractivity contribution in [3.05, 3.63) is 0 Å². The highest BCUT2D eigenvalue weighted by atomic mass is 16.5. The van der Waals surface area contributed by atoms with Gasteiger partial charge in [0.25, 0.3) is 0 Å². The lowest BCUT2D eigenvalue weighted by Gasteiger charge is -2.56. The van der Waals surface area contributed by atoms with E-state index in [-0.39, 0.29) is 0 Å². The SMILES string of the molecule is CCOC1CC(NC(C)CC)C1(CC)CC. The molecule has 0 saturated heterocycles. The molecule has 0 aromatic heterocycles. The molecule has 96 valence electrons. The van der Waals surface area contributed by atoms with E-state index in [2.05, 4.69) is 39.9 Å². The van der Waals surface area contributed by atoms with E-state index < -0.39 is 0 Å². The lowest BCUT2D eigenvalue weighted by atomic mass is 9.58. The normalized spacial score (nSPS) is 29.8. The molecule has 0 aromatic rings. The Labute approximate surface area is 101 Å². The highest BCUT2D eigenvalue weighted by Gasteiger charge is 2.53. The summed E-state index contributed by atoms with van der Waals surface area (Å²) in [6, 6.07) is 1.29. The Bertz CT molecular complexity index is 201. The summed E-state index contributed by atoms with van der Waals surface area (Å²) in [6.07, 6.45) is 5.33. The van der Waals surface area contributed by atoms with E-state index in [1.807, 2.05) is 0 Å². The second-order valence-corrected chi connectivity index (χ2v) is 5.15. The molecule has 2 heteroatoms. The number of rotatable bonds is 7. The third kappa shape index (κ3) is 2.43. The summed E-state index contributed by atoms with van der Waals surface area (Å²) in [6.45, 7) is 12.1. The Hall–Kier alpha value is -0.0800. The largest absolute Gasteiger partial charge is 0.378 e. The summed E-state index contributed by atoms with van der Waals surface area (Å²) in [5, 5.41) is 3.77. The molecular formula is C14H29NO. The van der Waals surface area contributed by atoms with Crippen molar-refractivity contribution in [2.24, 2.45) is 5.41 Å². The molecule has 1 rings (SSSR count). The quantitative estimate of drug-likeness (QED) is 0.720. The molecule has 1 aliphatic carbocycles. The average Bonchev–Trinajstić information content (AvgIpc) is 2.29. The van der Waals surface area contributed by atoms with Gasteiger partial charge in [-0.15, -0.1) is 0 Å². The lowest BCUT2D eigenvalue weighted by molar-refractivity contribution is -0.139. The van der Waals surface area contributed by atoms with Gasteiger partial charge < -0.3 is 10.1 Å². The van der Waals surface area contributed by atoms with Gasteiger partial charge >= 0.3 is 0 Å². The highest BCUT2D eigenvalue weighted by Crippen LogP contribution is 2.49. The molecule has 1 fully saturated rings. The fraction of sp³-hybridized carbons (Fsp3) is 1.00. The van der Waals surface area contributed by atoms with Crippen LogP contribution in [0.5, 0.6) is 0 Å². The first kappa shape index (κ1) is 14.0. The van der Waals surface area contributed by atoms with Crippen molar-refractivity contribution in [3.63, 3.8) is 0 Å². The van der Waals surface area contributed by atoms with Gasteiger partial charge in [-0.3, -0.25) is 0 Å². The molecule has 0 aromatic carbocycles. The third-order valence-corrected chi connectivity index (χ3v) is 4.57. The van der Waals surface area contributed by atoms with Gasteiger partial charge in [0.05, 0.1) is 6.10 Å². The molecule has 0 aliphatic heterocycles. The number of hydrogen-bond acceptors (Lipinski definition) is 2. The van der Waals surface area contributed by atoms with Gasteiger partial charge in [-0.1, -0.05) is 20.8 Å². The first-order chi connectivity index (χ1) is 7.64. The molecule has 0 radical (unpaired) electrons. The zero-order valence-electron chi connectivity index (χ0n) is 11.7. The number of ether oxygens (including phenoxy) is 1. The summed E-state index contributed by atoms with van der Waals surface area (Å²) in [7, 11) is 0. The van der Waals surface area contributed by atoms with Crippen molar-refractivity contribution in [2.75, 3.05) is 6.61 Å². The molecule has 0 spiro atoms. The summed E-state index contributed by atoms with van der Waals surface area (Å²) in [5.41, 5.74) is 0.388. The molecular weight excluding hydrogens is 198 g/mol. The van der Waals surface area contributed by atoms with Crippen LogP contribution in [-0.2, 0) is 4.74 Å². The van der Waals surface area contributed by atoms with Crippen LogP contribution in [0.3, 0.4) is 0 Å². The molecule has 3 unspecified atom stereocenters. The topological polar surface area (TPSA) is 21.3 Å². The molecule has 16 heavy (non-hydrogen) atoms. The summed E-state index contributed by atoms with van der Waals surface area (Å²) in [5.74, 6) is 0. The zero-order valence-corrected chi connectivity index (χ0v) is 11.7. The smallest absolute Gasteiger partial charge is 0.0660 e. The van der Waals surface area contributed by atoms with E-state index in [9.17, 15) is 0 Å². The monoisotopic (exact) mass is 227 g/mol. The Morgan fingerprint density at radius 1 is 1.25 bits per heavy atom. The van der Waals surface area contributed by atoms with Crippen molar-refractivity contribution >= 4 is 0 Å². The minimum Gasteiger partial charge on any atom is -0.378 e. The van der Waals surface area contributed by atoms with Crippen LogP contribution in [0.1, 0.15) is 60.3 Å². The Kier molecular flexibility index (Phi) is 5.26. The van der Waals surface area contributed by atoms with Crippen molar-refractivity contribution in [3.8, 4) is 0 Å². The predicted molar refractivity (Wildman–Crippen MR) is 69.7 cm³/mol. The summed E-state index contributed by atoms with van der Waals surface area (Å²) in [4.78, 5) is 0. The molecule has 0 heterocycles. The van der Waals surface area contributed by atoms with Crippen LogP contribution in [0.25, 0.3) is 0 Å².